The number of para-hydroxylation sites is 1. The van der Waals surface area contributed by atoms with Crippen molar-refractivity contribution in [2.75, 3.05) is 38.6 Å². The molecule has 1 aromatic heterocycles. The van der Waals surface area contributed by atoms with E-state index in [1.54, 1.807) is 0 Å². The highest BCUT2D eigenvalue weighted by Crippen LogP contribution is 2.19. The Kier molecular flexibility index (Phi) is 11.0. The molecule has 156 valence electrons. The first-order valence-corrected chi connectivity index (χ1v) is 11.5. The maximum absolute atomic E-state index is 4.92. The normalized spacial score (nSPS) is 11.4. The Morgan fingerprint density at radius 1 is 0.679 bits per heavy atom. The van der Waals surface area contributed by atoms with E-state index in [-0.39, 0.29) is 0 Å². The van der Waals surface area contributed by atoms with Crippen LogP contribution in [-0.2, 0) is 0 Å². The molecule has 0 bridgehead atoms. The summed E-state index contributed by atoms with van der Waals surface area (Å²) < 4.78 is 0. The second-order valence-corrected chi connectivity index (χ2v) is 8.33. The van der Waals surface area contributed by atoms with Gasteiger partial charge < -0.3 is 9.80 Å². The predicted molar refractivity (Wildman–Crippen MR) is 124 cm³/mol. The van der Waals surface area contributed by atoms with Crippen LogP contribution >= 0.6 is 0 Å². The molecule has 0 fully saturated rings. The van der Waals surface area contributed by atoms with Gasteiger partial charge in [0.05, 0.1) is 5.52 Å². The fourth-order valence-electron chi connectivity index (χ4n) is 3.68. The van der Waals surface area contributed by atoms with Gasteiger partial charge >= 0.3 is 0 Å². The molecule has 0 radical (unpaired) electrons. The molecule has 0 saturated heterocycles. The average molecular weight is 384 g/mol. The van der Waals surface area contributed by atoms with Crippen LogP contribution in [0.3, 0.4) is 0 Å². The molecular formula is C25H41N3. The lowest BCUT2D eigenvalue weighted by Gasteiger charge is -2.25. The molecule has 0 aliphatic carbocycles. The molecule has 0 aliphatic rings. The molecule has 0 saturated carbocycles. The number of benzene rings is 1. The fraction of sp³-hybridized carbons (Fsp3) is 0.640. The first-order chi connectivity index (χ1) is 13.7. The van der Waals surface area contributed by atoms with Crippen LogP contribution in [0.15, 0.2) is 36.4 Å². The highest BCUT2D eigenvalue weighted by molar-refractivity contribution is 5.80. The Balaban J connectivity index is 1.76. The van der Waals surface area contributed by atoms with E-state index < -0.39 is 0 Å². The van der Waals surface area contributed by atoms with Gasteiger partial charge in [0.1, 0.15) is 5.82 Å². The summed E-state index contributed by atoms with van der Waals surface area (Å²) in [6, 6.07) is 12.8. The molecule has 28 heavy (non-hydrogen) atoms. The van der Waals surface area contributed by atoms with E-state index in [4.69, 9.17) is 4.98 Å². The summed E-state index contributed by atoms with van der Waals surface area (Å²) in [5.74, 6) is 1.12. The third-order valence-corrected chi connectivity index (χ3v) is 5.51. The van der Waals surface area contributed by atoms with E-state index >= 15 is 0 Å². The van der Waals surface area contributed by atoms with Gasteiger partial charge in [0.15, 0.2) is 0 Å². The summed E-state index contributed by atoms with van der Waals surface area (Å²) >= 11 is 0. The molecule has 2 rings (SSSR count). The number of rotatable bonds is 15. The second-order valence-electron chi connectivity index (χ2n) is 8.33. The highest BCUT2D eigenvalue weighted by Gasteiger charge is 2.09. The largest absolute Gasteiger partial charge is 0.355 e. The van der Waals surface area contributed by atoms with Crippen LogP contribution in [0, 0.1) is 0 Å². The van der Waals surface area contributed by atoms with Gasteiger partial charge in [-0.25, -0.2) is 4.98 Å². The quantitative estimate of drug-likeness (QED) is 0.326. The number of aromatic nitrogens is 1. The van der Waals surface area contributed by atoms with E-state index in [0.29, 0.717) is 0 Å². The minimum atomic E-state index is 1.04. The number of unbranched alkanes of at least 4 members (excludes halogenated alkanes) is 9. The SMILES string of the molecule is CCCCCCCCCCCCN(CCN(C)C)c1ccc2ccccc2n1. The molecule has 0 spiro atoms. The van der Waals surface area contributed by atoms with Crippen molar-refractivity contribution in [2.24, 2.45) is 0 Å². The molecule has 0 atom stereocenters. The molecule has 0 N–H and O–H groups in total. The Morgan fingerprint density at radius 2 is 1.32 bits per heavy atom. The summed E-state index contributed by atoms with van der Waals surface area (Å²) in [7, 11) is 4.29. The molecule has 2 aromatic rings. The summed E-state index contributed by atoms with van der Waals surface area (Å²) in [5.41, 5.74) is 1.10. The van der Waals surface area contributed by atoms with Crippen LogP contribution in [0.25, 0.3) is 10.9 Å². The lowest BCUT2D eigenvalue weighted by atomic mass is 10.1. The number of hydrogen-bond acceptors (Lipinski definition) is 3. The summed E-state index contributed by atoms with van der Waals surface area (Å²) in [6.45, 7) is 5.49. The van der Waals surface area contributed by atoms with Crippen molar-refractivity contribution in [3.05, 3.63) is 36.4 Å². The number of pyridine rings is 1. The topological polar surface area (TPSA) is 19.4 Å². The number of likely N-dealkylation sites (N-methyl/N-ethyl adjacent to an activating group) is 1. The first kappa shape index (κ1) is 22.7. The third kappa shape index (κ3) is 8.60. The van der Waals surface area contributed by atoms with E-state index in [1.165, 1.54) is 69.6 Å². The van der Waals surface area contributed by atoms with Gasteiger partial charge in [0, 0.05) is 25.0 Å². The maximum Gasteiger partial charge on any atom is 0.129 e. The lowest BCUT2D eigenvalue weighted by molar-refractivity contribution is 0.411. The Morgan fingerprint density at radius 3 is 2.00 bits per heavy atom. The van der Waals surface area contributed by atoms with E-state index in [2.05, 4.69) is 67.2 Å². The van der Waals surface area contributed by atoms with Gasteiger partial charge in [0.2, 0.25) is 0 Å². The molecule has 0 aliphatic heterocycles. The van der Waals surface area contributed by atoms with Crippen LogP contribution < -0.4 is 4.90 Å². The van der Waals surface area contributed by atoms with Crippen molar-refractivity contribution < 1.29 is 0 Å². The van der Waals surface area contributed by atoms with Gasteiger partial charge in [0.25, 0.3) is 0 Å². The molecular weight excluding hydrogens is 342 g/mol. The average Bonchev–Trinajstić information content (AvgIpc) is 2.71. The maximum atomic E-state index is 4.92. The number of anilines is 1. The zero-order valence-corrected chi connectivity index (χ0v) is 18.5. The van der Waals surface area contributed by atoms with E-state index in [1.807, 2.05) is 0 Å². The zero-order valence-electron chi connectivity index (χ0n) is 18.5. The summed E-state index contributed by atoms with van der Waals surface area (Å²) in [5, 5.41) is 1.22. The standard InChI is InChI=1S/C25H41N3/c1-4-5-6-7-8-9-10-11-12-15-20-28(22-21-27(2)3)25-19-18-23-16-13-14-17-24(23)26-25/h13-14,16-19H,4-12,15,20-22H2,1-3H3. The lowest BCUT2D eigenvalue weighted by Crippen LogP contribution is -2.33. The predicted octanol–water partition coefficient (Wildman–Crippen LogP) is 6.52. The van der Waals surface area contributed by atoms with Gasteiger partial charge in [-0.2, -0.15) is 0 Å². The van der Waals surface area contributed by atoms with E-state index in [0.717, 1.165) is 31.0 Å². The first-order valence-electron chi connectivity index (χ1n) is 11.5. The van der Waals surface area contributed by atoms with Crippen molar-refractivity contribution in [2.45, 2.75) is 71.1 Å². The van der Waals surface area contributed by atoms with Crippen LogP contribution in [0.1, 0.15) is 71.1 Å². The van der Waals surface area contributed by atoms with Gasteiger partial charge in [-0.15, -0.1) is 0 Å². The minimum Gasteiger partial charge on any atom is -0.355 e. The molecule has 3 heteroatoms. The third-order valence-electron chi connectivity index (χ3n) is 5.51. The minimum absolute atomic E-state index is 1.04. The Labute approximate surface area is 173 Å². The number of nitrogens with zero attached hydrogens (tertiary/aromatic N) is 3. The van der Waals surface area contributed by atoms with Crippen molar-refractivity contribution in [3.8, 4) is 0 Å². The Bertz CT molecular complexity index is 653. The van der Waals surface area contributed by atoms with Gasteiger partial charge in [-0.3, -0.25) is 0 Å². The molecule has 0 unspecified atom stereocenters. The van der Waals surface area contributed by atoms with Crippen molar-refractivity contribution in [1.29, 1.82) is 0 Å². The number of fused-ring (bicyclic) bond motifs is 1. The van der Waals surface area contributed by atoms with Crippen molar-refractivity contribution >= 4 is 16.7 Å². The van der Waals surface area contributed by atoms with Crippen LogP contribution in [-0.4, -0.2) is 43.6 Å². The molecule has 0 amide bonds. The highest BCUT2D eigenvalue weighted by atomic mass is 15.2. The Hall–Kier alpha value is -1.61. The summed E-state index contributed by atoms with van der Waals surface area (Å²) in [6.07, 6.45) is 13.8. The summed E-state index contributed by atoms with van der Waals surface area (Å²) in [4.78, 5) is 9.65. The molecule has 1 heterocycles. The smallest absolute Gasteiger partial charge is 0.129 e. The fourth-order valence-corrected chi connectivity index (χ4v) is 3.68. The van der Waals surface area contributed by atoms with Crippen molar-refractivity contribution in [3.63, 3.8) is 0 Å². The molecule has 1 aromatic carbocycles. The zero-order chi connectivity index (χ0) is 20.0. The number of hydrogen-bond donors (Lipinski definition) is 0. The van der Waals surface area contributed by atoms with E-state index in [9.17, 15) is 0 Å². The van der Waals surface area contributed by atoms with Crippen LogP contribution in [0.2, 0.25) is 0 Å². The van der Waals surface area contributed by atoms with Crippen LogP contribution in [0.5, 0.6) is 0 Å². The van der Waals surface area contributed by atoms with Gasteiger partial charge in [-0.05, 0) is 38.7 Å². The van der Waals surface area contributed by atoms with Crippen molar-refractivity contribution in [1.82, 2.24) is 9.88 Å². The van der Waals surface area contributed by atoms with Crippen LogP contribution in [0.4, 0.5) is 5.82 Å². The second kappa shape index (κ2) is 13.5. The molecule has 3 nitrogen and oxygen atoms in total. The van der Waals surface area contributed by atoms with Gasteiger partial charge in [-0.1, -0.05) is 82.9 Å². The monoisotopic (exact) mass is 383 g/mol.